The summed E-state index contributed by atoms with van der Waals surface area (Å²) in [6.45, 7) is 6.52. The van der Waals surface area contributed by atoms with E-state index in [0.717, 1.165) is 17.1 Å². The van der Waals surface area contributed by atoms with Gasteiger partial charge < -0.3 is 15.4 Å². The van der Waals surface area contributed by atoms with Crippen LogP contribution in [0.15, 0.2) is 42.5 Å². The zero-order chi connectivity index (χ0) is 16.1. The van der Waals surface area contributed by atoms with Gasteiger partial charge in [-0.05, 0) is 60.5 Å². The molecule has 2 N–H and O–H groups in total. The Morgan fingerprint density at radius 1 is 1.09 bits per heavy atom. The predicted octanol–water partition coefficient (Wildman–Crippen LogP) is 4.94. The number of benzene rings is 2. The molecule has 0 saturated heterocycles. The van der Waals surface area contributed by atoms with Crippen LogP contribution in [0.5, 0.6) is 5.75 Å². The summed E-state index contributed by atoms with van der Waals surface area (Å²) in [6, 6.07) is 14.0. The first-order valence-electron chi connectivity index (χ1n) is 7.33. The van der Waals surface area contributed by atoms with Gasteiger partial charge in [0.15, 0.2) is 5.11 Å². The van der Waals surface area contributed by atoms with Gasteiger partial charge in [-0.3, -0.25) is 0 Å². The second-order valence-electron chi connectivity index (χ2n) is 5.51. The lowest BCUT2D eigenvalue weighted by atomic mass is 9.98. The van der Waals surface area contributed by atoms with Gasteiger partial charge in [-0.15, -0.1) is 0 Å². The highest BCUT2D eigenvalue weighted by Crippen LogP contribution is 2.24. The van der Waals surface area contributed by atoms with Gasteiger partial charge in [-0.2, -0.15) is 0 Å². The van der Waals surface area contributed by atoms with E-state index in [1.165, 1.54) is 11.1 Å². The number of aryl methyl sites for hydroxylation is 1. The highest BCUT2D eigenvalue weighted by molar-refractivity contribution is 7.80. The largest absolute Gasteiger partial charge is 0.495 e. The fourth-order valence-corrected chi connectivity index (χ4v) is 2.66. The highest BCUT2D eigenvalue weighted by atomic mass is 32.1. The monoisotopic (exact) mass is 314 g/mol. The quantitative estimate of drug-likeness (QED) is 0.784. The molecule has 22 heavy (non-hydrogen) atoms. The predicted molar refractivity (Wildman–Crippen MR) is 98.1 cm³/mol. The number of anilines is 2. The molecule has 0 fully saturated rings. The number of rotatable bonds is 4. The van der Waals surface area contributed by atoms with Crippen LogP contribution < -0.4 is 15.4 Å². The standard InChI is InChI=1S/C18H22N2OS/c1-12(2)15-10-9-14(11-13(15)3)19-18(22)20-16-7-5-6-8-17(16)21-4/h5-12H,1-4H3,(H2,19,20,22). The normalized spacial score (nSPS) is 10.4. The van der Waals surface area contributed by atoms with Crippen LogP contribution in [0.1, 0.15) is 30.9 Å². The summed E-state index contributed by atoms with van der Waals surface area (Å²) in [5, 5.41) is 6.92. The number of nitrogens with one attached hydrogen (secondary N) is 2. The Morgan fingerprint density at radius 3 is 2.45 bits per heavy atom. The fourth-order valence-electron chi connectivity index (χ4n) is 2.43. The smallest absolute Gasteiger partial charge is 0.175 e. The Bertz CT molecular complexity index is 668. The molecule has 0 heterocycles. The molecule has 0 aliphatic rings. The van der Waals surface area contributed by atoms with Crippen LogP contribution in [-0.2, 0) is 0 Å². The van der Waals surface area contributed by atoms with Crippen LogP contribution in [0.3, 0.4) is 0 Å². The molecular formula is C18H22N2OS. The van der Waals surface area contributed by atoms with E-state index in [0.29, 0.717) is 11.0 Å². The molecule has 4 heteroatoms. The second-order valence-corrected chi connectivity index (χ2v) is 5.91. The number of thiocarbonyl (C=S) groups is 1. The summed E-state index contributed by atoms with van der Waals surface area (Å²) in [5.41, 5.74) is 4.45. The molecule has 3 nitrogen and oxygen atoms in total. The minimum Gasteiger partial charge on any atom is -0.495 e. The molecule has 116 valence electrons. The lowest BCUT2D eigenvalue weighted by Crippen LogP contribution is -2.19. The van der Waals surface area contributed by atoms with Crippen LogP contribution in [0.4, 0.5) is 11.4 Å². The molecule has 2 rings (SSSR count). The van der Waals surface area contributed by atoms with E-state index in [-0.39, 0.29) is 0 Å². The van der Waals surface area contributed by atoms with Gasteiger partial charge in [0.05, 0.1) is 12.8 Å². The first-order valence-corrected chi connectivity index (χ1v) is 7.73. The molecule has 2 aromatic carbocycles. The topological polar surface area (TPSA) is 33.3 Å². The van der Waals surface area contributed by atoms with Crippen LogP contribution in [0.2, 0.25) is 0 Å². The average molecular weight is 314 g/mol. The number of ether oxygens (including phenoxy) is 1. The lowest BCUT2D eigenvalue weighted by molar-refractivity contribution is 0.417. The maximum Gasteiger partial charge on any atom is 0.175 e. The zero-order valence-electron chi connectivity index (χ0n) is 13.4. The maximum absolute atomic E-state index is 5.38. The third-order valence-corrected chi connectivity index (χ3v) is 3.71. The van der Waals surface area contributed by atoms with Crippen molar-refractivity contribution >= 4 is 28.7 Å². The molecule has 0 aromatic heterocycles. The van der Waals surface area contributed by atoms with Crippen molar-refractivity contribution in [3.8, 4) is 5.75 Å². The van der Waals surface area contributed by atoms with E-state index in [1.807, 2.05) is 24.3 Å². The third kappa shape index (κ3) is 3.98. The number of para-hydroxylation sites is 2. The van der Waals surface area contributed by atoms with Gasteiger partial charge in [0.2, 0.25) is 0 Å². The molecule has 0 aliphatic carbocycles. The van der Waals surface area contributed by atoms with Crippen molar-refractivity contribution in [1.82, 2.24) is 0 Å². The van der Waals surface area contributed by atoms with Crippen molar-refractivity contribution in [2.24, 2.45) is 0 Å². The van der Waals surface area contributed by atoms with E-state index in [2.05, 4.69) is 49.6 Å². The Balaban J connectivity index is 2.08. The van der Waals surface area contributed by atoms with Crippen molar-refractivity contribution in [1.29, 1.82) is 0 Å². The maximum atomic E-state index is 5.38. The van der Waals surface area contributed by atoms with Crippen molar-refractivity contribution < 1.29 is 4.74 Å². The summed E-state index contributed by atoms with van der Waals surface area (Å²) in [7, 11) is 1.64. The average Bonchev–Trinajstić information content (AvgIpc) is 2.47. The molecule has 2 aromatic rings. The summed E-state index contributed by atoms with van der Waals surface area (Å²) in [4.78, 5) is 0. The Morgan fingerprint density at radius 2 is 1.82 bits per heavy atom. The van der Waals surface area contributed by atoms with Gasteiger partial charge in [-0.25, -0.2) is 0 Å². The summed E-state index contributed by atoms with van der Waals surface area (Å²) in [6.07, 6.45) is 0. The molecule has 0 unspecified atom stereocenters. The van der Waals surface area contributed by atoms with E-state index in [1.54, 1.807) is 7.11 Å². The van der Waals surface area contributed by atoms with Crippen LogP contribution >= 0.6 is 12.2 Å². The first-order chi connectivity index (χ1) is 10.5. The second kappa shape index (κ2) is 7.27. The zero-order valence-corrected chi connectivity index (χ0v) is 14.3. The van der Waals surface area contributed by atoms with Gasteiger partial charge in [-0.1, -0.05) is 32.0 Å². The number of hydrogen-bond donors (Lipinski definition) is 2. The highest BCUT2D eigenvalue weighted by Gasteiger charge is 2.07. The van der Waals surface area contributed by atoms with Crippen molar-refractivity contribution in [3.63, 3.8) is 0 Å². The van der Waals surface area contributed by atoms with Crippen LogP contribution in [0.25, 0.3) is 0 Å². The first kappa shape index (κ1) is 16.3. The van der Waals surface area contributed by atoms with E-state index in [9.17, 15) is 0 Å². The molecule has 0 amide bonds. The minimum atomic E-state index is 0.521. The summed E-state index contributed by atoms with van der Waals surface area (Å²) < 4.78 is 5.31. The van der Waals surface area contributed by atoms with E-state index >= 15 is 0 Å². The van der Waals surface area contributed by atoms with Crippen LogP contribution in [-0.4, -0.2) is 12.2 Å². The third-order valence-electron chi connectivity index (χ3n) is 3.50. The number of methoxy groups -OCH3 is 1. The van der Waals surface area contributed by atoms with E-state index in [4.69, 9.17) is 17.0 Å². The summed E-state index contributed by atoms with van der Waals surface area (Å²) >= 11 is 5.38. The summed E-state index contributed by atoms with van der Waals surface area (Å²) in [5.74, 6) is 1.28. The number of hydrogen-bond acceptors (Lipinski definition) is 2. The van der Waals surface area contributed by atoms with Gasteiger partial charge in [0, 0.05) is 5.69 Å². The van der Waals surface area contributed by atoms with E-state index < -0.39 is 0 Å². The Hall–Kier alpha value is -2.07. The van der Waals surface area contributed by atoms with Crippen molar-refractivity contribution in [2.45, 2.75) is 26.7 Å². The minimum absolute atomic E-state index is 0.521. The molecule has 0 saturated carbocycles. The Kier molecular flexibility index (Phi) is 5.39. The molecule has 0 spiro atoms. The Labute approximate surface area is 137 Å². The lowest BCUT2D eigenvalue weighted by Gasteiger charge is -2.15. The molecule has 0 aliphatic heterocycles. The van der Waals surface area contributed by atoms with Crippen molar-refractivity contribution in [2.75, 3.05) is 17.7 Å². The van der Waals surface area contributed by atoms with Crippen molar-refractivity contribution in [3.05, 3.63) is 53.6 Å². The van der Waals surface area contributed by atoms with Gasteiger partial charge >= 0.3 is 0 Å². The fraction of sp³-hybridized carbons (Fsp3) is 0.278. The van der Waals surface area contributed by atoms with Gasteiger partial charge in [0.25, 0.3) is 0 Å². The van der Waals surface area contributed by atoms with Crippen LogP contribution in [0, 0.1) is 6.92 Å². The molecule has 0 radical (unpaired) electrons. The molecular weight excluding hydrogens is 292 g/mol. The SMILES string of the molecule is COc1ccccc1NC(=S)Nc1ccc(C(C)C)c(C)c1. The van der Waals surface area contributed by atoms with Gasteiger partial charge in [0.1, 0.15) is 5.75 Å². The molecule has 0 atom stereocenters. The molecule has 0 bridgehead atoms.